The van der Waals surface area contributed by atoms with Crippen molar-refractivity contribution in [2.75, 3.05) is 7.05 Å². The van der Waals surface area contributed by atoms with Crippen LogP contribution in [0.15, 0.2) is 6.07 Å². The Morgan fingerprint density at radius 1 is 1.35 bits per heavy atom. The average Bonchev–Trinajstić information content (AvgIpc) is 3.17. The van der Waals surface area contributed by atoms with Gasteiger partial charge in [0.25, 0.3) is 0 Å². The van der Waals surface area contributed by atoms with Crippen LogP contribution in [0.5, 0.6) is 0 Å². The second-order valence-corrected chi connectivity index (χ2v) is 6.94. The molecule has 3 heteroatoms. The quantitative estimate of drug-likeness (QED) is 0.835. The Hall–Kier alpha value is -0.380. The first-order chi connectivity index (χ1) is 8.22. The van der Waals surface area contributed by atoms with Crippen LogP contribution in [0.2, 0.25) is 0 Å². The molecule has 0 aliphatic heterocycles. The van der Waals surface area contributed by atoms with Gasteiger partial charge in [0.15, 0.2) is 0 Å². The molecule has 2 aliphatic rings. The maximum atomic E-state index is 3.60. The lowest BCUT2D eigenvalue weighted by Crippen LogP contribution is -2.20. The van der Waals surface area contributed by atoms with E-state index in [0.717, 1.165) is 25.2 Å². The average molecular weight is 250 g/mol. The minimum absolute atomic E-state index is 0.815. The molecule has 2 saturated carbocycles. The van der Waals surface area contributed by atoms with Crippen LogP contribution < -0.4 is 5.32 Å². The molecule has 17 heavy (non-hydrogen) atoms. The molecule has 94 valence electrons. The van der Waals surface area contributed by atoms with Gasteiger partial charge in [0, 0.05) is 34.9 Å². The first kappa shape index (κ1) is 11.7. The van der Waals surface area contributed by atoms with E-state index in [1.165, 1.54) is 41.0 Å². The number of rotatable bonds is 6. The van der Waals surface area contributed by atoms with Crippen LogP contribution in [0.25, 0.3) is 0 Å². The van der Waals surface area contributed by atoms with Crippen LogP contribution in [-0.2, 0) is 13.1 Å². The highest BCUT2D eigenvalue weighted by Gasteiger charge is 2.26. The molecule has 1 N–H and O–H groups in total. The molecule has 3 rings (SSSR count). The zero-order chi connectivity index (χ0) is 11.8. The largest absolute Gasteiger partial charge is 0.309 e. The van der Waals surface area contributed by atoms with Gasteiger partial charge in [0.05, 0.1) is 0 Å². The van der Waals surface area contributed by atoms with Gasteiger partial charge in [-0.1, -0.05) is 0 Å². The van der Waals surface area contributed by atoms with Gasteiger partial charge in [-0.05, 0) is 51.3 Å². The molecule has 0 aromatic carbocycles. The number of aryl methyl sites for hydroxylation is 1. The summed E-state index contributed by atoms with van der Waals surface area (Å²) in [7, 11) is 2.26. The van der Waals surface area contributed by atoms with Crippen molar-refractivity contribution in [3.8, 4) is 0 Å². The van der Waals surface area contributed by atoms with Crippen LogP contribution >= 0.6 is 11.3 Å². The van der Waals surface area contributed by atoms with Gasteiger partial charge in [-0.2, -0.15) is 0 Å². The molecule has 0 amide bonds. The summed E-state index contributed by atoms with van der Waals surface area (Å²) in [6.45, 7) is 4.47. The van der Waals surface area contributed by atoms with E-state index in [1.54, 1.807) is 0 Å². The summed E-state index contributed by atoms with van der Waals surface area (Å²) in [5, 5.41) is 3.60. The molecule has 2 fully saturated rings. The van der Waals surface area contributed by atoms with Crippen molar-refractivity contribution >= 4 is 11.3 Å². The normalized spacial score (nSPS) is 20.2. The molecule has 1 aromatic heterocycles. The molecule has 1 heterocycles. The molecular formula is C14H22N2S. The maximum Gasteiger partial charge on any atom is 0.0302 e. The van der Waals surface area contributed by atoms with E-state index in [9.17, 15) is 0 Å². The second kappa shape index (κ2) is 4.71. The second-order valence-electron chi connectivity index (χ2n) is 5.60. The maximum absolute atomic E-state index is 3.60. The Kier molecular flexibility index (Phi) is 3.24. The number of hydrogen-bond acceptors (Lipinski definition) is 3. The van der Waals surface area contributed by atoms with Crippen molar-refractivity contribution in [3.63, 3.8) is 0 Å². The molecule has 0 atom stereocenters. The van der Waals surface area contributed by atoms with Crippen molar-refractivity contribution in [2.45, 2.75) is 57.8 Å². The van der Waals surface area contributed by atoms with Gasteiger partial charge in [-0.25, -0.2) is 0 Å². The topological polar surface area (TPSA) is 15.3 Å². The Labute approximate surface area is 108 Å². The fraction of sp³-hybridized carbons (Fsp3) is 0.714. The lowest BCUT2D eigenvalue weighted by atomic mass is 10.2. The number of nitrogens with zero attached hydrogens (tertiary/aromatic N) is 1. The first-order valence-electron chi connectivity index (χ1n) is 6.74. The monoisotopic (exact) mass is 250 g/mol. The molecule has 0 unspecified atom stereocenters. The van der Waals surface area contributed by atoms with Gasteiger partial charge in [-0.15, -0.1) is 11.3 Å². The highest BCUT2D eigenvalue weighted by atomic mass is 32.1. The van der Waals surface area contributed by atoms with E-state index in [4.69, 9.17) is 0 Å². The minimum atomic E-state index is 0.815. The van der Waals surface area contributed by atoms with Gasteiger partial charge in [0.2, 0.25) is 0 Å². The van der Waals surface area contributed by atoms with E-state index in [0.29, 0.717) is 0 Å². The molecule has 2 aliphatic carbocycles. The van der Waals surface area contributed by atoms with E-state index < -0.39 is 0 Å². The van der Waals surface area contributed by atoms with Crippen molar-refractivity contribution in [1.82, 2.24) is 10.2 Å². The molecular weight excluding hydrogens is 228 g/mol. The number of thiophene rings is 1. The molecule has 0 radical (unpaired) electrons. The molecule has 0 saturated heterocycles. The lowest BCUT2D eigenvalue weighted by molar-refractivity contribution is 0.316. The summed E-state index contributed by atoms with van der Waals surface area (Å²) in [6, 6.07) is 4.09. The molecule has 1 aromatic rings. The summed E-state index contributed by atoms with van der Waals surface area (Å²) < 4.78 is 0. The highest BCUT2D eigenvalue weighted by Crippen LogP contribution is 2.29. The molecule has 0 bridgehead atoms. The third-order valence-corrected chi connectivity index (χ3v) is 4.90. The smallest absolute Gasteiger partial charge is 0.0302 e. The molecule has 2 nitrogen and oxygen atoms in total. The van der Waals surface area contributed by atoms with Crippen molar-refractivity contribution < 1.29 is 0 Å². The summed E-state index contributed by atoms with van der Waals surface area (Å²) in [5.41, 5.74) is 1.54. The van der Waals surface area contributed by atoms with Crippen molar-refractivity contribution in [2.24, 2.45) is 0 Å². The number of hydrogen-bond donors (Lipinski definition) is 1. The molecule has 0 spiro atoms. The van der Waals surface area contributed by atoms with Crippen molar-refractivity contribution in [1.29, 1.82) is 0 Å². The summed E-state index contributed by atoms with van der Waals surface area (Å²) in [4.78, 5) is 5.52. The van der Waals surface area contributed by atoms with Gasteiger partial charge >= 0.3 is 0 Å². The van der Waals surface area contributed by atoms with E-state index in [-0.39, 0.29) is 0 Å². The number of nitrogens with one attached hydrogen (secondary N) is 1. The third-order valence-electron chi connectivity index (χ3n) is 3.80. The minimum Gasteiger partial charge on any atom is -0.309 e. The summed E-state index contributed by atoms with van der Waals surface area (Å²) >= 11 is 1.97. The first-order valence-corrected chi connectivity index (χ1v) is 7.56. The Balaban J connectivity index is 1.58. The van der Waals surface area contributed by atoms with E-state index in [2.05, 4.69) is 30.3 Å². The predicted molar refractivity (Wildman–Crippen MR) is 73.4 cm³/mol. The standard InChI is InChI=1S/C14H22N2S/c1-10-11(9-16(2)13-5-6-13)7-14(17-10)8-15-12-3-4-12/h7,12-13,15H,3-6,8-9H2,1-2H3. The van der Waals surface area contributed by atoms with Crippen molar-refractivity contribution in [3.05, 3.63) is 21.4 Å². The fourth-order valence-electron chi connectivity index (χ4n) is 2.28. The van der Waals surface area contributed by atoms with E-state index >= 15 is 0 Å². The Morgan fingerprint density at radius 2 is 2.12 bits per heavy atom. The Bertz CT molecular complexity index is 391. The zero-order valence-corrected chi connectivity index (χ0v) is 11.6. The third kappa shape index (κ3) is 3.09. The van der Waals surface area contributed by atoms with Crippen LogP contribution in [0.1, 0.15) is 41.0 Å². The van der Waals surface area contributed by atoms with E-state index in [1.807, 2.05) is 11.3 Å². The van der Waals surface area contributed by atoms with Gasteiger partial charge in [0.1, 0.15) is 0 Å². The summed E-state index contributed by atoms with van der Waals surface area (Å²) in [5.74, 6) is 0. The fourth-order valence-corrected chi connectivity index (χ4v) is 3.28. The lowest BCUT2D eigenvalue weighted by Gasteiger charge is -2.14. The van der Waals surface area contributed by atoms with Crippen LogP contribution in [0.3, 0.4) is 0 Å². The highest BCUT2D eigenvalue weighted by molar-refractivity contribution is 7.12. The summed E-state index contributed by atoms with van der Waals surface area (Å²) in [6.07, 6.45) is 5.55. The van der Waals surface area contributed by atoms with Crippen LogP contribution in [-0.4, -0.2) is 24.0 Å². The van der Waals surface area contributed by atoms with Gasteiger partial charge < -0.3 is 5.32 Å². The zero-order valence-electron chi connectivity index (χ0n) is 10.8. The SMILES string of the molecule is Cc1sc(CNC2CC2)cc1CN(C)C1CC1. The Morgan fingerprint density at radius 3 is 2.76 bits per heavy atom. The van der Waals surface area contributed by atoms with Crippen LogP contribution in [0.4, 0.5) is 0 Å². The predicted octanol–water partition coefficient (Wildman–Crippen LogP) is 2.90. The van der Waals surface area contributed by atoms with Crippen LogP contribution in [0, 0.1) is 6.92 Å². The van der Waals surface area contributed by atoms with Gasteiger partial charge in [-0.3, -0.25) is 4.90 Å².